The zero-order valence-electron chi connectivity index (χ0n) is 10.7. The molecule has 1 amide bonds. The van der Waals surface area contributed by atoms with Crippen LogP contribution in [0.4, 0.5) is 5.69 Å². The molecule has 1 aromatic rings. The molecule has 2 aliphatic carbocycles. The Morgan fingerprint density at radius 2 is 2.00 bits per heavy atom. The molecule has 0 spiro atoms. The number of nitrogens with one attached hydrogen (secondary N) is 1. The van der Waals surface area contributed by atoms with Crippen LogP contribution in [0.2, 0.25) is 0 Å². The van der Waals surface area contributed by atoms with E-state index >= 15 is 0 Å². The quantitative estimate of drug-likeness (QED) is 0.631. The van der Waals surface area contributed by atoms with E-state index < -0.39 is 0 Å². The van der Waals surface area contributed by atoms with Crippen molar-refractivity contribution < 1.29 is 14.3 Å². The maximum absolute atomic E-state index is 12.5. The van der Waals surface area contributed by atoms with Crippen molar-refractivity contribution in [3.8, 4) is 0 Å². The first-order valence-electron chi connectivity index (χ1n) is 6.90. The molecule has 20 heavy (non-hydrogen) atoms. The summed E-state index contributed by atoms with van der Waals surface area (Å²) < 4.78 is 6.49. The summed E-state index contributed by atoms with van der Waals surface area (Å²) >= 11 is 2.23. The van der Waals surface area contributed by atoms with Gasteiger partial charge < -0.3 is 10.1 Å². The van der Waals surface area contributed by atoms with E-state index in [-0.39, 0.29) is 35.7 Å². The molecule has 1 saturated heterocycles. The molecule has 104 valence electrons. The lowest BCUT2D eigenvalue weighted by atomic mass is 9.79. The predicted octanol–water partition coefficient (Wildman–Crippen LogP) is 2.43. The summed E-state index contributed by atoms with van der Waals surface area (Å²) in [6, 6.07) is 7.69. The molecule has 1 aliphatic heterocycles. The van der Waals surface area contributed by atoms with Crippen LogP contribution in [0.25, 0.3) is 0 Å². The van der Waals surface area contributed by atoms with Crippen molar-refractivity contribution in [1.29, 1.82) is 0 Å². The number of halogens is 1. The summed E-state index contributed by atoms with van der Waals surface area (Å²) in [6.07, 6.45) is 1.91. The molecular formula is C15H14INO3. The van der Waals surface area contributed by atoms with E-state index in [1.165, 1.54) is 0 Å². The highest BCUT2D eigenvalue weighted by Gasteiger charge is 2.63. The number of rotatable bonds is 2. The average Bonchev–Trinajstić information content (AvgIpc) is 3.02. The molecular weight excluding hydrogens is 369 g/mol. The highest BCUT2D eigenvalue weighted by molar-refractivity contribution is 14.1. The highest BCUT2D eigenvalue weighted by Crippen LogP contribution is 2.57. The minimum absolute atomic E-state index is 0.0268. The van der Waals surface area contributed by atoms with Crippen molar-refractivity contribution in [1.82, 2.24) is 0 Å². The maximum Gasteiger partial charge on any atom is 0.310 e. The fourth-order valence-electron chi connectivity index (χ4n) is 4.12. The molecule has 3 fully saturated rings. The molecule has 0 radical (unpaired) electrons. The lowest BCUT2D eigenvalue weighted by Crippen LogP contribution is -2.35. The Morgan fingerprint density at radius 1 is 1.25 bits per heavy atom. The van der Waals surface area contributed by atoms with Gasteiger partial charge in [-0.25, -0.2) is 0 Å². The third-order valence-electron chi connectivity index (χ3n) is 4.90. The first-order chi connectivity index (χ1) is 9.63. The van der Waals surface area contributed by atoms with E-state index in [1.54, 1.807) is 0 Å². The number of ether oxygens (including phenoxy) is 1. The average molecular weight is 383 g/mol. The summed E-state index contributed by atoms with van der Waals surface area (Å²) in [5.41, 5.74) is 0.793. The van der Waals surface area contributed by atoms with E-state index in [4.69, 9.17) is 4.74 Å². The van der Waals surface area contributed by atoms with Crippen LogP contribution in [0.3, 0.4) is 0 Å². The van der Waals surface area contributed by atoms with Crippen molar-refractivity contribution in [3.63, 3.8) is 0 Å². The zero-order chi connectivity index (χ0) is 13.9. The van der Waals surface area contributed by atoms with Crippen LogP contribution < -0.4 is 5.32 Å². The molecule has 4 rings (SSSR count). The van der Waals surface area contributed by atoms with Crippen LogP contribution in [-0.2, 0) is 14.3 Å². The molecule has 5 atom stereocenters. The van der Waals surface area contributed by atoms with Crippen molar-refractivity contribution in [2.45, 2.75) is 18.9 Å². The van der Waals surface area contributed by atoms with Crippen molar-refractivity contribution >= 4 is 40.2 Å². The number of esters is 1. The Hall–Kier alpha value is -1.11. The fourth-order valence-corrected chi connectivity index (χ4v) is 4.48. The van der Waals surface area contributed by atoms with Crippen LogP contribution in [0, 0.1) is 27.2 Å². The molecule has 0 unspecified atom stereocenters. The second-order valence-electron chi connectivity index (χ2n) is 5.92. The lowest BCUT2D eigenvalue weighted by molar-refractivity contribution is -0.145. The van der Waals surface area contributed by atoms with E-state index in [2.05, 4.69) is 27.9 Å². The largest absolute Gasteiger partial charge is 0.462 e. The van der Waals surface area contributed by atoms with Gasteiger partial charge >= 0.3 is 5.97 Å². The van der Waals surface area contributed by atoms with Gasteiger partial charge in [0.25, 0.3) is 0 Å². The molecule has 4 nitrogen and oxygen atoms in total. The maximum atomic E-state index is 12.5. The van der Waals surface area contributed by atoms with Gasteiger partial charge in [0.15, 0.2) is 0 Å². The Morgan fingerprint density at radius 3 is 2.75 bits per heavy atom. The molecule has 1 heterocycles. The van der Waals surface area contributed by atoms with Gasteiger partial charge in [-0.05, 0) is 65.6 Å². The summed E-state index contributed by atoms with van der Waals surface area (Å²) in [7, 11) is 0. The van der Waals surface area contributed by atoms with Crippen LogP contribution >= 0.6 is 22.6 Å². The Bertz CT molecular complexity index is 583. The third kappa shape index (κ3) is 1.78. The van der Waals surface area contributed by atoms with Gasteiger partial charge in [-0.15, -0.1) is 0 Å². The van der Waals surface area contributed by atoms with Gasteiger partial charge in [0.05, 0.1) is 11.8 Å². The normalized spacial score (nSPS) is 37.0. The SMILES string of the molecule is O=C(Nc1ccc(I)cc1)[C@H]1[C@@H]2C[C@H]3[C@@H]1C(=O)O[C@@H]3C2. The van der Waals surface area contributed by atoms with Crippen LogP contribution in [-0.4, -0.2) is 18.0 Å². The molecule has 2 bridgehead atoms. The van der Waals surface area contributed by atoms with Crippen molar-refractivity contribution in [3.05, 3.63) is 27.8 Å². The zero-order valence-corrected chi connectivity index (χ0v) is 12.9. The van der Waals surface area contributed by atoms with Crippen molar-refractivity contribution in [2.24, 2.45) is 23.7 Å². The highest BCUT2D eigenvalue weighted by atomic mass is 127. The smallest absolute Gasteiger partial charge is 0.310 e. The van der Waals surface area contributed by atoms with Crippen LogP contribution in [0.5, 0.6) is 0 Å². The van der Waals surface area contributed by atoms with Crippen LogP contribution in [0.1, 0.15) is 12.8 Å². The predicted molar refractivity (Wildman–Crippen MR) is 80.9 cm³/mol. The Labute approximate surface area is 130 Å². The summed E-state index contributed by atoms with van der Waals surface area (Å²) in [5.74, 6) is -0.0119. The van der Waals surface area contributed by atoms with Gasteiger partial charge in [-0.3, -0.25) is 9.59 Å². The fraction of sp³-hybridized carbons (Fsp3) is 0.467. The number of amides is 1. The molecule has 3 aliphatic rings. The van der Waals surface area contributed by atoms with Gasteiger partial charge in [0.1, 0.15) is 6.10 Å². The molecule has 2 saturated carbocycles. The standard InChI is InChI=1S/C15H14INO3/c16-8-1-3-9(4-2-8)17-14(18)12-7-5-10-11(6-7)20-15(19)13(10)12/h1-4,7,10-13H,5-6H2,(H,17,18)/t7-,10-,11-,12+,13+/m1/s1. The van der Waals surface area contributed by atoms with E-state index in [0.29, 0.717) is 5.92 Å². The summed E-state index contributed by atoms with van der Waals surface area (Å²) in [5, 5.41) is 2.95. The van der Waals surface area contributed by atoms with Gasteiger partial charge in [0, 0.05) is 15.2 Å². The van der Waals surface area contributed by atoms with E-state index in [1.807, 2.05) is 24.3 Å². The van der Waals surface area contributed by atoms with Gasteiger partial charge in [-0.2, -0.15) is 0 Å². The number of hydrogen-bond acceptors (Lipinski definition) is 3. The number of anilines is 1. The van der Waals surface area contributed by atoms with E-state index in [0.717, 1.165) is 22.1 Å². The van der Waals surface area contributed by atoms with E-state index in [9.17, 15) is 9.59 Å². The number of carbonyl (C=O) groups is 2. The summed E-state index contributed by atoms with van der Waals surface area (Å²) in [4.78, 5) is 24.4. The molecule has 1 aromatic carbocycles. The number of hydrogen-bond donors (Lipinski definition) is 1. The second kappa shape index (κ2) is 4.44. The first kappa shape index (κ1) is 12.6. The van der Waals surface area contributed by atoms with Crippen molar-refractivity contribution in [2.75, 3.05) is 5.32 Å². The lowest BCUT2D eigenvalue weighted by Gasteiger charge is -2.23. The first-order valence-corrected chi connectivity index (χ1v) is 7.98. The molecule has 1 N–H and O–H groups in total. The number of benzene rings is 1. The topological polar surface area (TPSA) is 55.4 Å². The van der Waals surface area contributed by atoms with Crippen LogP contribution in [0.15, 0.2) is 24.3 Å². The Balaban J connectivity index is 1.54. The molecule has 5 heteroatoms. The number of carbonyl (C=O) groups excluding carboxylic acids is 2. The molecule has 0 aromatic heterocycles. The Kier molecular flexibility index (Phi) is 2.80. The minimum Gasteiger partial charge on any atom is -0.462 e. The monoisotopic (exact) mass is 383 g/mol. The number of fused-ring (bicyclic) bond motifs is 1. The second-order valence-corrected chi connectivity index (χ2v) is 7.16. The third-order valence-corrected chi connectivity index (χ3v) is 5.62. The van der Waals surface area contributed by atoms with Gasteiger partial charge in [-0.1, -0.05) is 0 Å². The van der Waals surface area contributed by atoms with Gasteiger partial charge in [0.2, 0.25) is 5.91 Å². The summed E-state index contributed by atoms with van der Waals surface area (Å²) in [6.45, 7) is 0. The minimum atomic E-state index is -0.206.